The third-order valence-electron chi connectivity index (χ3n) is 3.59. The Hall–Kier alpha value is -1.81. The molecule has 0 aliphatic heterocycles. The molecule has 1 aliphatic carbocycles. The maximum Gasteiger partial charge on any atom is 0.319 e. The molecule has 0 atom stereocenters. The fourth-order valence-corrected chi connectivity index (χ4v) is 3.29. The number of thiophene rings is 1. The zero-order valence-electron chi connectivity index (χ0n) is 11.3. The van der Waals surface area contributed by atoms with Gasteiger partial charge in [-0.1, -0.05) is 12.1 Å². The van der Waals surface area contributed by atoms with Crippen molar-refractivity contribution in [1.82, 2.24) is 5.32 Å². The number of carbonyl (C=O) groups is 1. The van der Waals surface area contributed by atoms with Crippen LogP contribution in [0.1, 0.15) is 22.4 Å². The Kier molecular flexibility index (Phi) is 4.02. The number of fused-ring (bicyclic) bond motifs is 1. The highest BCUT2D eigenvalue weighted by Crippen LogP contribution is 2.24. The molecule has 0 radical (unpaired) electrons. The summed E-state index contributed by atoms with van der Waals surface area (Å²) in [5, 5.41) is 7.85. The summed E-state index contributed by atoms with van der Waals surface area (Å²) in [4.78, 5) is 13.1. The molecule has 2 amide bonds. The Morgan fingerprint density at radius 1 is 1.20 bits per heavy atom. The minimum atomic E-state index is -0.125. The number of hydrogen-bond donors (Lipinski definition) is 2. The molecule has 1 aromatic carbocycles. The first kappa shape index (κ1) is 13.2. The van der Waals surface area contributed by atoms with Gasteiger partial charge in [-0.2, -0.15) is 0 Å². The van der Waals surface area contributed by atoms with Gasteiger partial charge in [-0.05, 0) is 60.4 Å². The molecule has 20 heavy (non-hydrogen) atoms. The number of anilines is 1. The van der Waals surface area contributed by atoms with Gasteiger partial charge in [0.15, 0.2) is 0 Å². The van der Waals surface area contributed by atoms with E-state index in [0.29, 0.717) is 6.54 Å². The zero-order chi connectivity index (χ0) is 13.8. The van der Waals surface area contributed by atoms with E-state index >= 15 is 0 Å². The molecule has 0 fully saturated rings. The third-order valence-corrected chi connectivity index (χ3v) is 4.53. The van der Waals surface area contributed by atoms with Crippen LogP contribution in [0.25, 0.3) is 0 Å². The van der Waals surface area contributed by atoms with E-state index in [1.165, 1.54) is 28.8 Å². The van der Waals surface area contributed by atoms with Crippen molar-refractivity contribution in [1.29, 1.82) is 0 Å². The summed E-state index contributed by atoms with van der Waals surface area (Å²) in [5.74, 6) is 0. The predicted octanol–water partition coefficient (Wildman–Crippen LogP) is 3.60. The molecule has 0 saturated heterocycles. The van der Waals surface area contributed by atoms with Crippen LogP contribution in [-0.2, 0) is 19.3 Å². The molecule has 1 aromatic heterocycles. The summed E-state index contributed by atoms with van der Waals surface area (Å²) in [6.07, 6.45) is 4.41. The van der Waals surface area contributed by atoms with Crippen LogP contribution in [-0.4, -0.2) is 12.6 Å². The van der Waals surface area contributed by atoms with Gasteiger partial charge in [0.05, 0.1) is 0 Å². The number of hydrogen-bond acceptors (Lipinski definition) is 2. The monoisotopic (exact) mass is 286 g/mol. The molecule has 4 heteroatoms. The lowest BCUT2D eigenvalue weighted by molar-refractivity contribution is 0.252. The Labute approximate surface area is 123 Å². The summed E-state index contributed by atoms with van der Waals surface area (Å²) in [6.45, 7) is 0.664. The SMILES string of the molecule is O=C(NCCc1cccs1)Nc1ccc2c(c1)CCC2. The molecule has 1 aliphatic rings. The minimum absolute atomic E-state index is 0.125. The van der Waals surface area contributed by atoms with Crippen molar-refractivity contribution in [3.8, 4) is 0 Å². The maximum absolute atomic E-state index is 11.8. The van der Waals surface area contributed by atoms with E-state index in [0.717, 1.165) is 18.5 Å². The van der Waals surface area contributed by atoms with Crippen LogP contribution in [0.4, 0.5) is 10.5 Å². The summed E-state index contributed by atoms with van der Waals surface area (Å²) in [7, 11) is 0. The Bertz CT molecular complexity index is 593. The molecule has 1 heterocycles. The summed E-state index contributed by atoms with van der Waals surface area (Å²) in [5.41, 5.74) is 3.69. The number of benzene rings is 1. The average molecular weight is 286 g/mol. The quantitative estimate of drug-likeness (QED) is 0.886. The summed E-state index contributed by atoms with van der Waals surface area (Å²) >= 11 is 1.72. The van der Waals surface area contributed by atoms with Crippen molar-refractivity contribution in [2.24, 2.45) is 0 Å². The van der Waals surface area contributed by atoms with Gasteiger partial charge in [0.1, 0.15) is 0 Å². The van der Waals surface area contributed by atoms with Gasteiger partial charge in [0.25, 0.3) is 0 Å². The van der Waals surface area contributed by atoms with E-state index in [9.17, 15) is 4.79 Å². The number of rotatable bonds is 4. The highest BCUT2D eigenvalue weighted by atomic mass is 32.1. The van der Waals surface area contributed by atoms with Crippen LogP contribution in [0.2, 0.25) is 0 Å². The highest BCUT2D eigenvalue weighted by molar-refractivity contribution is 7.09. The fourth-order valence-electron chi connectivity index (χ4n) is 2.58. The van der Waals surface area contributed by atoms with Gasteiger partial charge in [0.2, 0.25) is 0 Å². The Balaban J connectivity index is 1.49. The molecule has 104 valence electrons. The number of carbonyl (C=O) groups excluding carboxylic acids is 1. The van der Waals surface area contributed by atoms with Crippen molar-refractivity contribution >= 4 is 23.1 Å². The van der Waals surface area contributed by atoms with E-state index in [1.54, 1.807) is 11.3 Å². The zero-order valence-corrected chi connectivity index (χ0v) is 12.1. The lowest BCUT2D eigenvalue weighted by Crippen LogP contribution is -2.30. The standard InChI is InChI=1S/C16H18N2OS/c19-16(17-9-8-15-5-2-10-20-15)18-14-7-6-12-3-1-4-13(12)11-14/h2,5-7,10-11H,1,3-4,8-9H2,(H2,17,18,19). The van der Waals surface area contributed by atoms with Crippen molar-refractivity contribution in [2.75, 3.05) is 11.9 Å². The predicted molar refractivity (Wildman–Crippen MR) is 83.5 cm³/mol. The first-order valence-electron chi connectivity index (χ1n) is 7.00. The molecule has 0 unspecified atom stereocenters. The summed E-state index contributed by atoms with van der Waals surface area (Å²) in [6, 6.07) is 10.2. The second-order valence-corrected chi connectivity index (χ2v) is 6.08. The Morgan fingerprint density at radius 3 is 2.95 bits per heavy atom. The van der Waals surface area contributed by atoms with Gasteiger partial charge in [0, 0.05) is 17.1 Å². The van der Waals surface area contributed by atoms with Crippen molar-refractivity contribution < 1.29 is 4.79 Å². The highest BCUT2D eigenvalue weighted by Gasteiger charge is 2.11. The first-order chi connectivity index (χ1) is 9.81. The molecular weight excluding hydrogens is 268 g/mol. The molecule has 3 rings (SSSR count). The first-order valence-corrected chi connectivity index (χ1v) is 7.88. The van der Waals surface area contributed by atoms with Crippen LogP contribution in [0.5, 0.6) is 0 Å². The van der Waals surface area contributed by atoms with Gasteiger partial charge in [-0.25, -0.2) is 4.79 Å². The van der Waals surface area contributed by atoms with Crippen molar-refractivity contribution in [3.63, 3.8) is 0 Å². The number of aryl methyl sites for hydroxylation is 2. The molecule has 2 N–H and O–H groups in total. The van der Waals surface area contributed by atoms with E-state index in [2.05, 4.69) is 34.2 Å². The van der Waals surface area contributed by atoms with Crippen LogP contribution in [0.3, 0.4) is 0 Å². The number of nitrogens with one attached hydrogen (secondary N) is 2. The number of urea groups is 1. The lowest BCUT2D eigenvalue weighted by atomic mass is 10.1. The molecule has 0 spiro atoms. The van der Waals surface area contributed by atoms with Gasteiger partial charge in [-0.3, -0.25) is 0 Å². The molecule has 0 saturated carbocycles. The third kappa shape index (κ3) is 3.20. The Morgan fingerprint density at radius 2 is 2.10 bits per heavy atom. The van der Waals surface area contributed by atoms with E-state index in [-0.39, 0.29) is 6.03 Å². The molecular formula is C16H18N2OS. The second kappa shape index (κ2) is 6.09. The van der Waals surface area contributed by atoms with Gasteiger partial charge in [-0.15, -0.1) is 11.3 Å². The lowest BCUT2D eigenvalue weighted by Gasteiger charge is -2.08. The topological polar surface area (TPSA) is 41.1 Å². The van der Waals surface area contributed by atoms with Crippen LogP contribution in [0.15, 0.2) is 35.7 Å². The van der Waals surface area contributed by atoms with Crippen LogP contribution < -0.4 is 10.6 Å². The second-order valence-electron chi connectivity index (χ2n) is 5.05. The van der Waals surface area contributed by atoms with Crippen LogP contribution >= 0.6 is 11.3 Å². The maximum atomic E-state index is 11.8. The molecule has 0 bridgehead atoms. The average Bonchev–Trinajstić information content (AvgIpc) is 3.08. The van der Waals surface area contributed by atoms with E-state index in [4.69, 9.17) is 0 Å². The summed E-state index contributed by atoms with van der Waals surface area (Å²) < 4.78 is 0. The van der Waals surface area contributed by atoms with Crippen molar-refractivity contribution in [2.45, 2.75) is 25.7 Å². The smallest absolute Gasteiger partial charge is 0.319 e. The fraction of sp³-hybridized carbons (Fsp3) is 0.312. The van der Waals surface area contributed by atoms with Gasteiger partial charge >= 0.3 is 6.03 Å². The van der Waals surface area contributed by atoms with Crippen LogP contribution in [0, 0.1) is 0 Å². The molecule has 2 aromatic rings. The molecule has 3 nitrogen and oxygen atoms in total. The minimum Gasteiger partial charge on any atom is -0.338 e. The van der Waals surface area contributed by atoms with Crippen molar-refractivity contribution in [3.05, 3.63) is 51.7 Å². The van der Waals surface area contributed by atoms with Gasteiger partial charge < -0.3 is 10.6 Å². The normalized spacial score (nSPS) is 13.0. The van der Waals surface area contributed by atoms with E-state index in [1.807, 2.05) is 12.1 Å². The largest absolute Gasteiger partial charge is 0.338 e. The van der Waals surface area contributed by atoms with E-state index < -0.39 is 0 Å². The number of amides is 2.